The molecule has 0 saturated heterocycles. The zero-order chi connectivity index (χ0) is 23.7. The minimum atomic E-state index is -0.577. The lowest BCUT2D eigenvalue weighted by atomic mass is 10.1. The Morgan fingerprint density at radius 1 is 1.12 bits per heavy atom. The van der Waals surface area contributed by atoms with E-state index >= 15 is 0 Å². The lowest BCUT2D eigenvalue weighted by Crippen LogP contribution is -2.50. The van der Waals surface area contributed by atoms with Crippen LogP contribution in [0.2, 0.25) is 5.02 Å². The number of nitrogens with zero attached hydrogens (tertiary/aromatic N) is 1. The Bertz CT molecular complexity index is 895. The van der Waals surface area contributed by atoms with Crippen molar-refractivity contribution < 1.29 is 14.3 Å². The summed E-state index contributed by atoms with van der Waals surface area (Å²) in [5.41, 5.74) is 2.97. The Hall–Kier alpha value is -2.05. The van der Waals surface area contributed by atoms with Gasteiger partial charge in [0.05, 0.1) is 0 Å². The molecule has 5 nitrogen and oxygen atoms in total. The molecular formula is C25H32BrClN2O3. The van der Waals surface area contributed by atoms with E-state index in [2.05, 4.69) is 28.2 Å². The number of halogens is 2. The summed E-state index contributed by atoms with van der Waals surface area (Å²) in [4.78, 5) is 27.7. The van der Waals surface area contributed by atoms with Crippen molar-refractivity contribution in [1.82, 2.24) is 10.2 Å². The Kier molecular flexibility index (Phi) is 10.5. The van der Waals surface area contributed by atoms with Gasteiger partial charge in [-0.25, -0.2) is 0 Å². The smallest absolute Gasteiger partial charge is 0.261 e. The summed E-state index contributed by atoms with van der Waals surface area (Å²) in [5.74, 6) is 0.248. The number of amides is 2. The summed E-state index contributed by atoms with van der Waals surface area (Å²) in [7, 11) is 0. The van der Waals surface area contributed by atoms with E-state index in [9.17, 15) is 9.59 Å². The highest BCUT2D eigenvalue weighted by Crippen LogP contribution is 2.26. The Labute approximate surface area is 204 Å². The first-order valence-corrected chi connectivity index (χ1v) is 12.1. The van der Waals surface area contributed by atoms with Crippen LogP contribution in [-0.4, -0.2) is 35.9 Å². The van der Waals surface area contributed by atoms with E-state index in [0.717, 1.165) is 34.0 Å². The molecule has 174 valence electrons. The van der Waals surface area contributed by atoms with E-state index in [1.165, 1.54) is 0 Å². The Morgan fingerprint density at radius 3 is 2.31 bits per heavy atom. The molecule has 32 heavy (non-hydrogen) atoms. The third kappa shape index (κ3) is 7.52. The van der Waals surface area contributed by atoms with Crippen LogP contribution in [0.25, 0.3) is 0 Å². The van der Waals surface area contributed by atoms with Gasteiger partial charge in [0.15, 0.2) is 6.61 Å². The summed E-state index contributed by atoms with van der Waals surface area (Å²) < 4.78 is 6.85. The molecule has 1 atom stereocenters. The molecule has 2 aromatic carbocycles. The Morgan fingerprint density at radius 2 is 1.75 bits per heavy atom. The largest absolute Gasteiger partial charge is 0.484 e. The number of carbonyl (C=O) groups excluding carboxylic acids is 2. The average molecular weight is 524 g/mol. The van der Waals surface area contributed by atoms with Gasteiger partial charge in [-0.2, -0.15) is 0 Å². The van der Waals surface area contributed by atoms with Crippen LogP contribution in [0.1, 0.15) is 49.8 Å². The maximum atomic E-state index is 13.2. The van der Waals surface area contributed by atoms with Gasteiger partial charge < -0.3 is 15.0 Å². The van der Waals surface area contributed by atoms with Crippen molar-refractivity contribution in [3.63, 3.8) is 0 Å². The normalized spacial score (nSPS) is 11.7. The zero-order valence-electron chi connectivity index (χ0n) is 19.2. The molecule has 0 radical (unpaired) electrons. The number of hydrogen-bond acceptors (Lipinski definition) is 3. The summed E-state index contributed by atoms with van der Waals surface area (Å²) in [6.07, 6.45) is 2.40. The maximum absolute atomic E-state index is 13.2. The average Bonchev–Trinajstić information content (AvgIpc) is 2.77. The van der Waals surface area contributed by atoms with Gasteiger partial charge in [0.2, 0.25) is 5.91 Å². The Balaban J connectivity index is 2.20. The number of ether oxygens (including phenoxy) is 1. The summed E-state index contributed by atoms with van der Waals surface area (Å²) in [6, 6.07) is 10.5. The number of rotatable bonds is 11. The van der Waals surface area contributed by atoms with Gasteiger partial charge in [0.1, 0.15) is 11.8 Å². The van der Waals surface area contributed by atoms with Gasteiger partial charge in [0, 0.05) is 22.6 Å². The first-order valence-electron chi connectivity index (χ1n) is 11.0. The molecule has 0 aliphatic rings. The first-order chi connectivity index (χ1) is 15.3. The lowest BCUT2D eigenvalue weighted by molar-refractivity contribution is -0.143. The molecule has 0 fully saturated rings. The van der Waals surface area contributed by atoms with Gasteiger partial charge in [0.25, 0.3) is 5.91 Å². The van der Waals surface area contributed by atoms with Crippen LogP contribution in [0.15, 0.2) is 40.9 Å². The fourth-order valence-corrected chi connectivity index (χ4v) is 3.78. The number of hydrogen-bond donors (Lipinski definition) is 1. The molecule has 2 aromatic rings. The molecule has 2 amide bonds. The van der Waals surface area contributed by atoms with Crippen molar-refractivity contribution in [2.24, 2.45) is 0 Å². The van der Waals surface area contributed by atoms with E-state index in [1.807, 2.05) is 45.0 Å². The molecule has 0 aliphatic carbocycles. The van der Waals surface area contributed by atoms with Gasteiger partial charge in [-0.15, -0.1) is 0 Å². The predicted octanol–water partition coefficient (Wildman–Crippen LogP) is 5.82. The second-order valence-electron chi connectivity index (χ2n) is 7.88. The highest BCUT2D eigenvalue weighted by atomic mass is 79.9. The second-order valence-corrected chi connectivity index (χ2v) is 9.11. The second kappa shape index (κ2) is 12.9. The molecule has 0 spiro atoms. The fourth-order valence-electron chi connectivity index (χ4n) is 3.43. The molecule has 0 aliphatic heterocycles. The number of benzene rings is 2. The predicted molar refractivity (Wildman–Crippen MR) is 133 cm³/mol. The SMILES string of the molecule is CCCCNC(=O)[C@H](CC)N(Cc1ccc(Cl)cc1)C(=O)COc1cc(C)c(Br)c(C)c1. The zero-order valence-corrected chi connectivity index (χ0v) is 21.6. The number of carbonyl (C=O) groups is 2. The van der Waals surface area contributed by atoms with Gasteiger partial charge in [-0.1, -0.05) is 59.9 Å². The summed E-state index contributed by atoms with van der Waals surface area (Å²) in [6.45, 7) is 8.70. The van der Waals surface area contributed by atoms with Crippen LogP contribution in [-0.2, 0) is 16.1 Å². The van der Waals surface area contributed by atoms with Crippen LogP contribution in [0, 0.1) is 13.8 Å². The highest BCUT2D eigenvalue weighted by molar-refractivity contribution is 9.10. The van der Waals surface area contributed by atoms with E-state index in [4.69, 9.17) is 16.3 Å². The molecular weight excluding hydrogens is 492 g/mol. The molecule has 0 aromatic heterocycles. The van der Waals surface area contributed by atoms with Crippen molar-refractivity contribution in [1.29, 1.82) is 0 Å². The standard InChI is InChI=1S/C25H32BrClN2O3/c1-5-7-12-28-25(31)22(6-2)29(15-19-8-10-20(27)11-9-19)23(30)16-32-21-13-17(3)24(26)18(4)14-21/h8-11,13-14,22H,5-7,12,15-16H2,1-4H3,(H,28,31)/t22-/m0/s1. The molecule has 0 bridgehead atoms. The maximum Gasteiger partial charge on any atom is 0.261 e. The monoisotopic (exact) mass is 522 g/mol. The van der Waals surface area contributed by atoms with Crippen LogP contribution in [0.3, 0.4) is 0 Å². The first kappa shape index (κ1) is 26.2. The van der Waals surface area contributed by atoms with Crippen LogP contribution >= 0.6 is 27.5 Å². The molecule has 0 saturated carbocycles. The minimum Gasteiger partial charge on any atom is -0.484 e. The van der Waals surface area contributed by atoms with Crippen LogP contribution < -0.4 is 10.1 Å². The third-order valence-corrected chi connectivity index (χ3v) is 6.76. The van der Waals surface area contributed by atoms with Crippen molar-refractivity contribution in [2.45, 2.75) is 59.5 Å². The molecule has 0 heterocycles. The van der Waals surface area contributed by atoms with Gasteiger partial charge >= 0.3 is 0 Å². The fraction of sp³-hybridized carbons (Fsp3) is 0.440. The number of unbranched alkanes of at least 4 members (excludes halogenated alkanes) is 1. The van der Waals surface area contributed by atoms with Crippen molar-refractivity contribution in [3.05, 3.63) is 62.6 Å². The number of aryl methyl sites for hydroxylation is 2. The highest BCUT2D eigenvalue weighted by Gasteiger charge is 2.28. The quantitative estimate of drug-likeness (QED) is 0.378. The van der Waals surface area contributed by atoms with E-state index in [1.54, 1.807) is 17.0 Å². The number of nitrogens with one attached hydrogen (secondary N) is 1. The van der Waals surface area contributed by atoms with Crippen molar-refractivity contribution in [2.75, 3.05) is 13.2 Å². The molecule has 1 N–H and O–H groups in total. The topological polar surface area (TPSA) is 58.6 Å². The van der Waals surface area contributed by atoms with Crippen molar-refractivity contribution in [3.8, 4) is 5.75 Å². The van der Waals surface area contributed by atoms with Crippen molar-refractivity contribution >= 4 is 39.3 Å². The van der Waals surface area contributed by atoms with Crippen LogP contribution in [0.5, 0.6) is 5.75 Å². The summed E-state index contributed by atoms with van der Waals surface area (Å²) >= 11 is 9.55. The van der Waals surface area contributed by atoms with Gasteiger partial charge in [-0.05, 0) is 67.6 Å². The molecule has 2 rings (SSSR count). The lowest BCUT2D eigenvalue weighted by Gasteiger charge is -2.30. The van der Waals surface area contributed by atoms with Crippen LogP contribution in [0.4, 0.5) is 0 Å². The van der Waals surface area contributed by atoms with E-state index in [0.29, 0.717) is 30.3 Å². The summed E-state index contributed by atoms with van der Waals surface area (Å²) in [5, 5.41) is 3.59. The third-order valence-electron chi connectivity index (χ3n) is 5.25. The van der Waals surface area contributed by atoms with E-state index < -0.39 is 6.04 Å². The molecule has 7 heteroatoms. The van der Waals surface area contributed by atoms with E-state index in [-0.39, 0.29) is 18.4 Å². The van der Waals surface area contributed by atoms with Gasteiger partial charge in [-0.3, -0.25) is 9.59 Å². The molecule has 0 unspecified atom stereocenters. The minimum absolute atomic E-state index is 0.140.